The zero-order chi connectivity index (χ0) is 14.9. The summed E-state index contributed by atoms with van der Waals surface area (Å²) in [6.07, 6.45) is 2.03. The van der Waals surface area contributed by atoms with Gasteiger partial charge in [0.05, 0.1) is 6.54 Å². The van der Waals surface area contributed by atoms with Crippen molar-refractivity contribution in [3.05, 3.63) is 29.8 Å². The maximum absolute atomic E-state index is 5.90. The number of aliphatic imine (C=N–C) groups is 1. The number of methoxy groups -OCH3 is 1. The Morgan fingerprint density at radius 3 is 2.91 bits per heavy atom. The predicted octanol–water partition coefficient (Wildman–Crippen LogP) is 2.20. The second-order valence-electron chi connectivity index (χ2n) is 5.04. The van der Waals surface area contributed by atoms with Crippen molar-refractivity contribution in [2.45, 2.75) is 25.9 Å². The van der Waals surface area contributed by atoms with Crippen LogP contribution in [0, 0.1) is 0 Å². The fourth-order valence-corrected chi connectivity index (χ4v) is 2.31. The van der Waals surface area contributed by atoms with Gasteiger partial charge in [-0.3, -0.25) is 0 Å². The van der Waals surface area contributed by atoms with Crippen molar-refractivity contribution < 1.29 is 9.47 Å². The van der Waals surface area contributed by atoms with Crippen LogP contribution in [0.3, 0.4) is 0 Å². The fraction of sp³-hybridized carbons (Fsp3) is 0.562. The number of fused-ring (bicyclic) bond motifs is 1. The molecule has 0 amide bonds. The highest BCUT2D eigenvalue weighted by molar-refractivity contribution is 14.0. The zero-order valence-corrected chi connectivity index (χ0v) is 15.6. The number of nitrogens with one attached hydrogen (secondary N) is 2. The molecular weight excluding hydrogens is 393 g/mol. The van der Waals surface area contributed by atoms with Gasteiger partial charge in [-0.15, -0.1) is 24.0 Å². The number of halogens is 1. The molecule has 1 aromatic rings. The molecule has 1 aliphatic rings. The number of hydrogen-bond donors (Lipinski definition) is 2. The van der Waals surface area contributed by atoms with Gasteiger partial charge in [-0.05, 0) is 25.0 Å². The van der Waals surface area contributed by atoms with E-state index in [0.29, 0.717) is 6.54 Å². The monoisotopic (exact) mass is 419 g/mol. The van der Waals surface area contributed by atoms with Crippen LogP contribution in [0.1, 0.15) is 18.9 Å². The van der Waals surface area contributed by atoms with E-state index in [-0.39, 0.29) is 30.1 Å². The number of benzene rings is 1. The molecule has 1 heterocycles. The Bertz CT molecular complexity index is 443. The molecule has 0 saturated heterocycles. The number of hydrogen-bond acceptors (Lipinski definition) is 3. The molecule has 1 aliphatic heterocycles. The van der Waals surface area contributed by atoms with Crippen LogP contribution in [-0.2, 0) is 11.2 Å². The SMILES string of the molecule is CCNC(=NCC1Cc2ccccc2O1)NCCCOC.I. The van der Waals surface area contributed by atoms with Gasteiger partial charge in [0, 0.05) is 33.2 Å². The first-order valence-corrected chi connectivity index (χ1v) is 7.59. The first kappa shape index (κ1) is 19.0. The van der Waals surface area contributed by atoms with E-state index >= 15 is 0 Å². The Labute approximate surface area is 149 Å². The summed E-state index contributed by atoms with van der Waals surface area (Å²) in [4.78, 5) is 4.60. The minimum Gasteiger partial charge on any atom is -0.488 e. The molecular formula is C16H26IN3O2. The summed E-state index contributed by atoms with van der Waals surface area (Å²) in [5.41, 5.74) is 1.27. The second kappa shape index (κ2) is 10.7. The van der Waals surface area contributed by atoms with Crippen LogP contribution in [-0.4, -0.2) is 45.4 Å². The smallest absolute Gasteiger partial charge is 0.191 e. The van der Waals surface area contributed by atoms with Gasteiger partial charge in [-0.1, -0.05) is 18.2 Å². The van der Waals surface area contributed by atoms with Gasteiger partial charge in [0.25, 0.3) is 0 Å². The van der Waals surface area contributed by atoms with Gasteiger partial charge in [0.15, 0.2) is 5.96 Å². The number of rotatable bonds is 7. The number of guanidine groups is 1. The number of para-hydroxylation sites is 1. The standard InChI is InChI=1S/C16H25N3O2.HI/c1-3-17-16(18-9-6-10-20-2)19-12-14-11-13-7-4-5-8-15(13)21-14;/h4-5,7-8,14H,3,6,9-12H2,1-2H3,(H2,17,18,19);1H. The van der Waals surface area contributed by atoms with E-state index in [1.807, 2.05) is 12.1 Å². The molecule has 124 valence electrons. The predicted molar refractivity (Wildman–Crippen MR) is 100 cm³/mol. The molecule has 0 bridgehead atoms. The van der Waals surface area contributed by atoms with Gasteiger partial charge in [0.2, 0.25) is 0 Å². The summed E-state index contributed by atoms with van der Waals surface area (Å²) < 4.78 is 10.9. The van der Waals surface area contributed by atoms with Gasteiger partial charge >= 0.3 is 0 Å². The lowest BCUT2D eigenvalue weighted by Gasteiger charge is -2.13. The van der Waals surface area contributed by atoms with E-state index in [2.05, 4.69) is 34.7 Å². The van der Waals surface area contributed by atoms with Crippen molar-refractivity contribution in [3.63, 3.8) is 0 Å². The molecule has 0 aromatic heterocycles. The third-order valence-corrected chi connectivity index (χ3v) is 3.33. The van der Waals surface area contributed by atoms with Crippen molar-refractivity contribution in [2.24, 2.45) is 4.99 Å². The molecule has 0 fully saturated rings. The summed E-state index contributed by atoms with van der Waals surface area (Å²) in [5, 5.41) is 6.55. The fourth-order valence-electron chi connectivity index (χ4n) is 2.31. The second-order valence-corrected chi connectivity index (χ2v) is 5.04. The Balaban J connectivity index is 0.00000242. The molecule has 5 nitrogen and oxygen atoms in total. The van der Waals surface area contributed by atoms with Crippen LogP contribution in [0.25, 0.3) is 0 Å². The Hall–Kier alpha value is -1.02. The van der Waals surface area contributed by atoms with E-state index in [1.165, 1.54) is 5.56 Å². The Morgan fingerprint density at radius 1 is 1.36 bits per heavy atom. The molecule has 22 heavy (non-hydrogen) atoms. The minimum atomic E-state index is 0. The van der Waals surface area contributed by atoms with E-state index in [0.717, 1.165) is 44.2 Å². The van der Waals surface area contributed by atoms with Crippen LogP contribution in [0.2, 0.25) is 0 Å². The summed E-state index contributed by atoms with van der Waals surface area (Å²) >= 11 is 0. The largest absolute Gasteiger partial charge is 0.488 e. The summed E-state index contributed by atoms with van der Waals surface area (Å²) in [6.45, 7) is 5.18. The Kier molecular flexibility index (Phi) is 9.22. The minimum absolute atomic E-state index is 0. The highest BCUT2D eigenvalue weighted by atomic mass is 127. The highest BCUT2D eigenvalue weighted by Crippen LogP contribution is 2.28. The normalized spacial score (nSPS) is 16.5. The average molecular weight is 419 g/mol. The maximum atomic E-state index is 5.90. The van der Waals surface area contributed by atoms with Crippen LogP contribution in [0.15, 0.2) is 29.3 Å². The Morgan fingerprint density at radius 2 is 2.18 bits per heavy atom. The van der Waals surface area contributed by atoms with Crippen molar-refractivity contribution in [2.75, 3.05) is 33.4 Å². The summed E-state index contributed by atoms with van der Waals surface area (Å²) in [7, 11) is 1.72. The summed E-state index contributed by atoms with van der Waals surface area (Å²) in [5.74, 6) is 1.84. The van der Waals surface area contributed by atoms with E-state index < -0.39 is 0 Å². The molecule has 6 heteroatoms. The molecule has 0 spiro atoms. The lowest BCUT2D eigenvalue weighted by Crippen LogP contribution is -2.38. The van der Waals surface area contributed by atoms with Crippen LogP contribution < -0.4 is 15.4 Å². The van der Waals surface area contributed by atoms with Crippen LogP contribution in [0.4, 0.5) is 0 Å². The molecule has 2 N–H and O–H groups in total. The lowest BCUT2D eigenvalue weighted by atomic mass is 10.1. The van der Waals surface area contributed by atoms with Crippen molar-refractivity contribution in [3.8, 4) is 5.75 Å². The highest BCUT2D eigenvalue weighted by Gasteiger charge is 2.21. The average Bonchev–Trinajstić information content (AvgIpc) is 2.92. The molecule has 0 radical (unpaired) electrons. The molecule has 1 aromatic carbocycles. The van der Waals surface area contributed by atoms with E-state index in [1.54, 1.807) is 7.11 Å². The molecule has 0 saturated carbocycles. The number of ether oxygens (including phenoxy) is 2. The molecule has 1 atom stereocenters. The van der Waals surface area contributed by atoms with E-state index in [9.17, 15) is 0 Å². The van der Waals surface area contributed by atoms with Crippen molar-refractivity contribution in [1.29, 1.82) is 0 Å². The van der Waals surface area contributed by atoms with Gasteiger partial charge in [0.1, 0.15) is 11.9 Å². The molecule has 0 aliphatic carbocycles. The van der Waals surface area contributed by atoms with Crippen molar-refractivity contribution in [1.82, 2.24) is 10.6 Å². The third kappa shape index (κ3) is 6.00. The van der Waals surface area contributed by atoms with Crippen molar-refractivity contribution >= 4 is 29.9 Å². The van der Waals surface area contributed by atoms with Crippen LogP contribution in [0.5, 0.6) is 5.75 Å². The van der Waals surface area contributed by atoms with Gasteiger partial charge in [-0.25, -0.2) is 4.99 Å². The lowest BCUT2D eigenvalue weighted by molar-refractivity contribution is 0.195. The van der Waals surface area contributed by atoms with E-state index in [4.69, 9.17) is 9.47 Å². The zero-order valence-electron chi connectivity index (χ0n) is 13.3. The maximum Gasteiger partial charge on any atom is 0.191 e. The first-order valence-electron chi connectivity index (χ1n) is 7.59. The number of nitrogens with zero attached hydrogens (tertiary/aromatic N) is 1. The van der Waals surface area contributed by atoms with Gasteiger partial charge < -0.3 is 20.1 Å². The van der Waals surface area contributed by atoms with Gasteiger partial charge in [-0.2, -0.15) is 0 Å². The summed E-state index contributed by atoms with van der Waals surface area (Å²) in [6, 6.07) is 8.20. The van der Waals surface area contributed by atoms with Crippen LogP contribution >= 0.6 is 24.0 Å². The topological polar surface area (TPSA) is 54.9 Å². The molecule has 2 rings (SSSR count). The third-order valence-electron chi connectivity index (χ3n) is 3.33. The molecule has 1 unspecified atom stereocenters. The quantitative estimate of drug-likeness (QED) is 0.308. The first-order chi connectivity index (χ1) is 10.3.